The van der Waals surface area contributed by atoms with Gasteiger partial charge in [0.15, 0.2) is 17.5 Å². The third-order valence-electron chi connectivity index (χ3n) is 7.74. The van der Waals surface area contributed by atoms with E-state index in [9.17, 15) is 18.0 Å². The Morgan fingerprint density at radius 1 is 0.889 bits per heavy atom. The van der Waals surface area contributed by atoms with E-state index in [1.165, 1.54) is 13.2 Å². The lowest BCUT2D eigenvalue weighted by molar-refractivity contribution is -0.137. The number of esters is 1. The van der Waals surface area contributed by atoms with Crippen molar-refractivity contribution in [2.75, 3.05) is 17.3 Å². The summed E-state index contributed by atoms with van der Waals surface area (Å²) in [4.78, 5) is 24.2. The van der Waals surface area contributed by atoms with Gasteiger partial charge in [-0.05, 0) is 67.1 Å². The lowest BCUT2D eigenvalue weighted by atomic mass is 9.92. The number of nitrogens with zero attached hydrogens (tertiary/aromatic N) is 5. The van der Waals surface area contributed by atoms with E-state index < -0.39 is 23.8 Å². The number of nitrogens with one attached hydrogen (secondary N) is 1. The molecule has 2 aliphatic rings. The zero-order chi connectivity index (χ0) is 31.3. The highest BCUT2D eigenvalue weighted by Gasteiger charge is 2.41. The minimum atomic E-state index is -4.51. The predicted molar refractivity (Wildman–Crippen MR) is 166 cm³/mol. The van der Waals surface area contributed by atoms with Crippen LogP contribution < -0.4 is 10.2 Å². The molecule has 4 aromatic carbocycles. The first-order valence-corrected chi connectivity index (χ1v) is 14.1. The van der Waals surface area contributed by atoms with Gasteiger partial charge in [-0.3, -0.25) is 0 Å². The van der Waals surface area contributed by atoms with Crippen molar-refractivity contribution in [3.63, 3.8) is 0 Å². The van der Waals surface area contributed by atoms with Gasteiger partial charge in [-0.2, -0.15) is 18.3 Å². The van der Waals surface area contributed by atoms with Gasteiger partial charge >= 0.3 is 12.1 Å². The fraction of sp³-hybridized carbons (Fsp3) is 0.118. The standard InChI is InChI=1S/C34H25F3N6O2/c1-20-28-29(21-15-17-22(18-16-21)33(44)45-2)42-27-14-7-6-13-26(27)39-30(38-24-10-8-9-23(19-24)34(35,36)37)32(42)40-31(28)43(41-20)25-11-4-3-5-12-25/h3-19,29H,1-2H3,(H,38,39)/t29-/m1/s1. The summed E-state index contributed by atoms with van der Waals surface area (Å²) >= 11 is 0. The van der Waals surface area contributed by atoms with Crippen LogP contribution in [-0.2, 0) is 10.9 Å². The fourth-order valence-electron chi connectivity index (χ4n) is 5.69. The zero-order valence-electron chi connectivity index (χ0n) is 24.1. The largest absolute Gasteiger partial charge is 0.465 e. The molecular formula is C34H25F3N6O2. The molecule has 0 amide bonds. The molecule has 0 radical (unpaired) electrons. The summed E-state index contributed by atoms with van der Waals surface area (Å²) in [6, 6.07) is 28.7. The summed E-state index contributed by atoms with van der Waals surface area (Å²) in [6.07, 6.45) is -4.51. The van der Waals surface area contributed by atoms with Crippen LogP contribution in [0.3, 0.4) is 0 Å². The molecule has 0 saturated heterocycles. The third kappa shape index (κ3) is 4.92. The number of aliphatic imine (C=N–C) groups is 2. The van der Waals surface area contributed by atoms with E-state index in [1.54, 1.807) is 22.9 Å². The van der Waals surface area contributed by atoms with Crippen molar-refractivity contribution < 1.29 is 22.7 Å². The number of aryl methyl sites for hydroxylation is 1. The van der Waals surface area contributed by atoms with Crippen molar-refractivity contribution in [3.05, 3.63) is 131 Å². The normalized spacial score (nSPS) is 15.3. The summed E-state index contributed by atoms with van der Waals surface area (Å²) in [5.41, 5.74) is 4.40. The average Bonchev–Trinajstić information content (AvgIpc) is 3.39. The molecular weight excluding hydrogens is 581 g/mol. The number of alkyl halides is 3. The number of anilines is 2. The van der Waals surface area contributed by atoms with Crippen molar-refractivity contribution >= 4 is 40.5 Å². The van der Waals surface area contributed by atoms with Crippen molar-refractivity contribution in [2.24, 2.45) is 9.98 Å². The van der Waals surface area contributed by atoms with Crippen LogP contribution in [0.1, 0.15) is 38.8 Å². The van der Waals surface area contributed by atoms with Gasteiger partial charge in [0, 0.05) is 11.3 Å². The van der Waals surface area contributed by atoms with Crippen LogP contribution in [0.5, 0.6) is 0 Å². The summed E-state index contributed by atoms with van der Waals surface area (Å²) in [6.45, 7) is 1.92. The summed E-state index contributed by atoms with van der Waals surface area (Å²) in [5.74, 6) is 0.778. The number of aromatic nitrogens is 2. The predicted octanol–water partition coefficient (Wildman–Crippen LogP) is 7.78. The van der Waals surface area contributed by atoms with E-state index >= 15 is 0 Å². The number of fused-ring (bicyclic) bond motifs is 4. The Labute approximate surface area is 256 Å². The molecule has 3 heterocycles. The number of methoxy groups -OCH3 is 1. The molecule has 1 aromatic heterocycles. The Hall–Kier alpha value is -5.71. The first-order chi connectivity index (χ1) is 21.7. The van der Waals surface area contributed by atoms with Crippen molar-refractivity contribution in [2.45, 2.75) is 19.1 Å². The van der Waals surface area contributed by atoms with Gasteiger partial charge in [0.25, 0.3) is 0 Å². The monoisotopic (exact) mass is 606 g/mol. The van der Waals surface area contributed by atoms with Crippen LogP contribution in [0.4, 0.5) is 36.1 Å². The lowest BCUT2D eigenvalue weighted by Gasteiger charge is -2.40. The van der Waals surface area contributed by atoms with Gasteiger partial charge < -0.3 is 15.0 Å². The van der Waals surface area contributed by atoms with Gasteiger partial charge in [-0.1, -0.05) is 48.5 Å². The van der Waals surface area contributed by atoms with Crippen LogP contribution in [0.15, 0.2) is 113 Å². The van der Waals surface area contributed by atoms with Crippen molar-refractivity contribution in [3.8, 4) is 5.69 Å². The topological polar surface area (TPSA) is 84.1 Å². The minimum absolute atomic E-state index is 0.211. The third-order valence-corrected chi connectivity index (χ3v) is 7.74. The van der Waals surface area contributed by atoms with Gasteiger partial charge in [0.1, 0.15) is 0 Å². The summed E-state index contributed by atoms with van der Waals surface area (Å²) in [5, 5.41) is 8.00. The molecule has 0 unspecified atom stereocenters. The lowest BCUT2D eigenvalue weighted by Crippen LogP contribution is -2.46. The Balaban J connectivity index is 1.45. The number of rotatable bonds is 4. The molecule has 1 atom stereocenters. The van der Waals surface area contributed by atoms with Crippen molar-refractivity contribution in [1.82, 2.24) is 9.78 Å². The van der Waals surface area contributed by atoms with Gasteiger partial charge in [-0.25, -0.2) is 19.5 Å². The number of hydrogen-bond donors (Lipinski definition) is 1. The van der Waals surface area contributed by atoms with E-state index in [0.717, 1.165) is 40.3 Å². The molecule has 0 aliphatic carbocycles. The number of hydrogen-bond acceptors (Lipinski definition) is 7. The molecule has 5 aromatic rings. The second-order valence-corrected chi connectivity index (χ2v) is 10.5. The second kappa shape index (κ2) is 10.8. The molecule has 224 valence electrons. The molecule has 8 nitrogen and oxygen atoms in total. The van der Waals surface area contributed by atoms with Gasteiger partial charge in [0.05, 0.1) is 47.0 Å². The molecule has 0 bridgehead atoms. The highest BCUT2D eigenvalue weighted by atomic mass is 19.4. The summed E-state index contributed by atoms with van der Waals surface area (Å²) in [7, 11) is 1.33. The van der Waals surface area contributed by atoms with Crippen LogP contribution in [0.2, 0.25) is 0 Å². The second-order valence-electron chi connectivity index (χ2n) is 10.5. The Bertz CT molecular complexity index is 2000. The smallest absolute Gasteiger partial charge is 0.416 e. The van der Waals surface area contributed by atoms with E-state index in [1.807, 2.05) is 78.6 Å². The van der Waals surface area contributed by atoms with E-state index in [4.69, 9.17) is 19.8 Å². The highest BCUT2D eigenvalue weighted by molar-refractivity contribution is 6.51. The minimum Gasteiger partial charge on any atom is -0.465 e. The number of carbonyl (C=O) groups excluding carboxylic acids is 1. The van der Waals surface area contributed by atoms with Gasteiger partial charge in [0.2, 0.25) is 0 Å². The fourth-order valence-corrected chi connectivity index (χ4v) is 5.69. The van der Waals surface area contributed by atoms with Crippen LogP contribution >= 0.6 is 0 Å². The number of para-hydroxylation sites is 3. The number of halogens is 3. The highest BCUT2D eigenvalue weighted by Crippen LogP contribution is 2.48. The molecule has 2 aliphatic heterocycles. The van der Waals surface area contributed by atoms with Crippen LogP contribution in [0, 0.1) is 6.92 Å². The first kappa shape index (κ1) is 28.1. The number of ether oxygens (including phenoxy) is 1. The zero-order valence-corrected chi connectivity index (χ0v) is 24.1. The molecule has 7 rings (SSSR count). The van der Waals surface area contributed by atoms with E-state index in [2.05, 4.69) is 5.32 Å². The van der Waals surface area contributed by atoms with Crippen molar-refractivity contribution in [1.29, 1.82) is 0 Å². The van der Waals surface area contributed by atoms with Gasteiger partial charge in [-0.15, -0.1) is 0 Å². The van der Waals surface area contributed by atoms with Crippen LogP contribution in [0.25, 0.3) is 5.69 Å². The first-order valence-electron chi connectivity index (χ1n) is 14.1. The number of benzene rings is 4. The number of carbonyl (C=O) groups is 1. The maximum atomic E-state index is 13.6. The maximum Gasteiger partial charge on any atom is 0.416 e. The SMILES string of the molecule is COC(=O)c1ccc([C@@H]2c3c(C)nn(-c4ccccc4)c3N=C3C(Nc4cccc(C(F)(F)F)c4)=Nc4ccccc4N32)cc1. The molecule has 0 spiro atoms. The summed E-state index contributed by atoms with van der Waals surface area (Å²) < 4.78 is 47.5. The maximum absolute atomic E-state index is 13.6. The molecule has 11 heteroatoms. The molecule has 0 saturated carbocycles. The Morgan fingerprint density at radius 2 is 1.62 bits per heavy atom. The molecule has 0 fully saturated rings. The van der Waals surface area contributed by atoms with Crippen LogP contribution in [-0.4, -0.2) is 34.5 Å². The Morgan fingerprint density at radius 3 is 2.36 bits per heavy atom. The van der Waals surface area contributed by atoms with E-state index in [-0.39, 0.29) is 11.5 Å². The number of amidine groups is 2. The molecule has 45 heavy (non-hydrogen) atoms. The average molecular weight is 607 g/mol. The van der Waals surface area contributed by atoms with E-state index in [0.29, 0.717) is 22.9 Å². The quantitative estimate of drug-likeness (QED) is 0.211. The molecule has 1 N–H and O–H groups in total. The Kier molecular flexibility index (Phi) is 6.73.